The lowest BCUT2D eigenvalue weighted by Crippen LogP contribution is -2.04. The van der Waals surface area contributed by atoms with E-state index in [1.807, 2.05) is 6.07 Å². The molecule has 3 rings (SSSR count). The monoisotopic (exact) mass is 203 g/mol. The molecule has 0 radical (unpaired) electrons. The third-order valence-electron chi connectivity index (χ3n) is 2.53. The van der Waals surface area contributed by atoms with Crippen LogP contribution in [0.2, 0.25) is 0 Å². The van der Waals surface area contributed by atoms with Gasteiger partial charge in [-0.1, -0.05) is 6.07 Å². The topological polar surface area (TPSA) is 37.8 Å². The van der Waals surface area contributed by atoms with Crippen LogP contribution in [0.15, 0.2) is 24.5 Å². The minimum atomic E-state index is -0.297. The lowest BCUT2D eigenvalue weighted by atomic mass is 10.2. The summed E-state index contributed by atoms with van der Waals surface area (Å²) >= 11 is 0. The molecule has 1 saturated carbocycles. The highest BCUT2D eigenvalue weighted by atomic mass is 19.1. The highest BCUT2D eigenvalue weighted by molar-refractivity contribution is 5.89. The second-order valence-corrected chi connectivity index (χ2v) is 3.78. The van der Waals surface area contributed by atoms with Gasteiger partial charge in [0.2, 0.25) is 0 Å². The van der Waals surface area contributed by atoms with E-state index in [-0.39, 0.29) is 5.82 Å². The van der Waals surface area contributed by atoms with E-state index in [1.165, 1.54) is 25.2 Å². The normalized spacial score (nSPS) is 15.5. The molecule has 0 aliphatic heterocycles. The third-order valence-corrected chi connectivity index (χ3v) is 2.53. The Balaban J connectivity index is 2.16. The van der Waals surface area contributed by atoms with Gasteiger partial charge in [0.15, 0.2) is 0 Å². The summed E-state index contributed by atoms with van der Waals surface area (Å²) in [5, 5.41) is 4.02. The van der Waals surface area contributed by atoms with Gasteiger partial charge in [0.1, 0.15) is 23.5 Å². The summed E-state index contributed by atoms with van der Waals surface area (Å²) in [5.74, 6) is 0.441. The average molecular weight is 203 g/mol. The number of hydrogen-bond acceptors (Lipinski definition) is 3. The zero-order valence-corrected chi connectivity index (χ0v) is 8.07. The largest absolute Gasteiger partial charge is 0.367 e. The summed E-state index contributed by atoms with van der Waals surface area (Å²) in [6, 6.07) is 5.43. The number of benzene rings is 1. The number of halogens is 1. The molecule has 1 aliphatic rings. The van der Waals surface area contributed by atoms with Gasteiger partial charge >= 0.3 is 0 Å². The van der Waals surface area contributed by atoms with E-state index in [2.05, 4.69) is 15.3 Å². The van der Waals surface area contributed by atoms with Gasteiger partial charge in [-0.2, -0.15) is 0 Å². The molecule has 1 N–H and O–H groups in total. The van der Waals surface area contributed by atoms with E-state index >= 15 is 0 Å². The summed E-state index contributed by atoms with van der Waals surface area (Å²) in [6.45, 7) is 0. The Morgan fingerprint density at radius 2 is 2.13 bits per heavy atom. The Kier molecular flexibility index (Phi) is 1.80. The second-order valence-electron chi connectivity index (χ2n) is 3.78. The zero-order valence-electron chi connectivity index (χ0n) is 8.07. The van der Waals surface area contributed by atoms with Crippen LogP contribution in [-0.4, -0.2) is 16.0 Å². The van der Waals surface area contributed by atoms with Crippen LogP contribution in [0, 0.1) is 5.82 Å². The Morgan fingerprint density at radius 3 is 2.93 bits per heavy atom. The SMILES string of the molecule is Fc1cccc2c(NC3CC3)ncnc12. The number of anilines is 1. The first-order valence-corrected chi connectivity index (χ1v) is 5.00. The molecule has 1 aromatic heterocycles. The Labute approximate surface area is 86.4 Å². The van der Waals surface area contributed by atoms with Gasteiger partial charge < -0.3 is 5.32 Å². The molecule has 0 amide bonds. The van der Waals surface area contributed by atoms with Crippen LogP contribution < -0.4 is 5.32 Å². The van der Waals surface area contributed by atoms with Gasteiger partial charge in [-0.3, -0.25) is 0 Å². The number of aromatic nitrogens is 2. The molecule has 76 valence electrons. The molecule has 1 heterocycles. The van der Waals surface area contributed by atoms with Gasteiger partial charge in [-0.25, -0.2) is 14.4 Å². The first-order valence-electron chi connectivity index (χ1n) is 5.00. The Bertz CT molecular complexity index is 508. The number of para-hydroxylation sites is 1. The van der Waals surface area contributed by atoms with E-state index in [9.17, 15) is 4.39 Å². The lowest BCUT2D eigenvalue weighted by Gasteiger charge is -2.06. The molecule has 1 aromatic carbocycles. The molecule has 0 saturated heterocycles. The molecule has 0 bridgehead atoms. The summed E-state index contributed by atoms with van der Waals surface area (Å²) in [6.07, 6.45) is 3.73. The van der Waals surface area contributed by atoms with Gasteiger partial charge in [0, 0.05) is 11.4 Å². The maximum Gasteiger partial charge on any atom is 0.149 e. The van der Waals surface area contributed by atoms with Crippen molar-refractivity contribution in [3.63, 3.8) is 0 Å². The molecule has 15 heavy (non-hydrogen) atoms. The first kappa shape index (κ1) is 8.59. The van der Waals surface area contributed by atoms with Crippen LogP contribution in [0.3, 0.4) is 0 Å². The van der Waals surface area contributed by atoms with Crippen molar-refractivity contribution in [3.05, 3.63) is 30.3 Å². The lowest BCUT2D eigenvalue weighted by molar-refractivity contribution is 0.636. The Hall–Kier alpha value is -1.71. The van der Waals surface area contributed by atoms with E-state index in [1.54, 1.807) is 6.07 Å². The van der Waals surface area contributed by atoms with Crippen molar-refractivity contribution in [3.8, 4) is 0 Å². The van der Waals surface area contributed by atoms with Crippen LogP contribution in [0.25, 0.3) is 10.9 Å². The van der Waals surface area contributed by atoms with Crippen molar-refractivity contribution in [2.24, 2.45) is 0 Å². The van der Waals surface area contributed by atoms with Crippen molar-refractivity contribution >= 4 is 16.7 Å². The van der Waals surface area contributed by atoms with Crippen molar-refractivity contribution in [2.75, 3.05) is 5.32 Å². The summed E-state index contributed by atoms with van der Waals surface area (Å²) in [5.41, 5.74) is 0.385. The quantitative estimate of drug-likeness (QED) is 0.814. The Morgan fingerprint density at radius 1 is 1.27 bits per heavy atom. The van der Waals surface area contributed by atoms with E-state index in [4.69, 9.17) is 0 Å². The minimum Gasteiger partial charge on any atom is -0.367 e. The predicted octanol–water partition coefficient (Wildman–Crippen LogP) is 2.34. The fourth-order valence-electron chi connectivity index (χ4n) is 1.59. The molecular formula is C11H10FN3. The number of hydrogen-bond donors (Lipinski definition) is 1. The molecule has 0 atom stereocenters. The van der Waals surface area contributed by atoms with Crippen molar-refractivity contribution in [2.45, 2.75) is 18.9 Å². The second kappa shape index (κ2) is 3.15. The van der Waals surface area contributed by atoms with Gasteiger partial charge in [0.05, 0.1) is 0 Å². The van der Waals surface area contributed by atoms with Crippen LogP contribution in [0.5, 0.6) is 0 Å². The highest BCUT2D eigenvalue weighted by Crippen LogP contribution is 2.27. The van der Waals surface area contributed by atoms with E-state index in [0.717, 1.165) is 11.2 Å². The molecular weight excluding hydrogens is 193 g/mol. The van der Waals surface area contributed by atoms with Crippen LogP contribution in [0.1, 0.15) is 12.8 Å². The third kappa shape index (κ3) is 1.52. The molecule has 3 nitrogen and oxygen atoms in total. The van der Waals surface area contributed by atoms with Gasteiger partial charge in [0.25, 0.3) is 0 Å². The number of fused-ring (bicyclic) bond motifs is 1. The smallest absolute Gasteiger partial charge is 0.149 e. The molecule has 0 unspecified atom stereocenters. The molecule has 0 spiro atoms. The number of nitrogens with one attached hydrogen (secondary N) is 1. The standard InChI is InChI=1S/C11H10FN3/c12-9-3-1-2-8-10(9)13-6-14-11(8)15-7-4-5-7/h1-3,6-7H,4-5H2,(H,13,14,15). The molecule has 2 aromatic rings. The summed E-state index contributed by atoms with van der Waals surface area (Å²) in [7, 11) is 0. The summed E-state index contributed by atoms with van der Waals surface area (Å²) in [4.78, 5) is 8.08. The van der Waals surface area contributed by atoms with Crippen molar-refractivity contribution in [1.29, 1.82) is 0 Å². The van der Waals surface area contributed by atoms with Crippen molar-refractivity contribution in [1.82, 2.24) is 9.97 Å². The minimum absolute atomic E-state index is 0.297. The molecule has 4 heteroatoms. The summed E-state index contributed by atoms with van der Waals surface area (Å²) < 4.78 is 13.4. The highest BCUT2D eigenvalue weighted by Gasteiger charge is 2.22. The first-order chi connectivity index (χ1) is 7.34. The van der Waals surface area contributed by atoms with Crippen molar-refractivity contribution < 1.29 is 4.39 Å². The molecule has 1 fully saturated rings. The average Bonchev–Trinajstić information content (AvgIpc) is 3.04. The number of nitrogens with zero attached hydrogens (tertiary/aromatic N) is 2. The van der Waals surface area contributed by atoms with E-state index in [0.29, 0.717) is 11.6 Å². The van der Waals surface area contributed by atoms with E-state index < -0.39 is 0 Å². The number of rotatable bonds is 2. The molecule has 1 aliphatic carbocycles. The fraction of sp³-hybridized carbons (Fsp3) is 0.273. The van der Waals surface area contributed by atoms with Crippen LogP contribution in [-0.2, 0) is 0 Å². The predicted molar refractivity (Wildman–Crippen MR) is 56.1 cm³/mol. The fourth-order valence-corrected chi connectivity index (χ4v) is 1.59. The maximum absolute atomic E-state index is 13.4. The van der Waals surface area contributed by atoms with Gasteiger partial charge in [-0.05, 0) is 25.0 Å². The van der Waals surface area contributed by atoms with Crippen LogP contribution in [0.4, 0.5) is 10.2 Å². The van der Waals surface area contributed by atoms with Crippen LogP contribution >= 0.6 is 0 Å². The zero-order chi connectivity index (χ0) is 10.3. The maximum atomic E-state index is 13.4. The van der Waals surface area contributed by atoms with Gasteiger partial charge in [-0.15, -0.1) is 0 Å².